The molecule has 0 bridgehead atoms. The van der Waals surface area contributed by atoms with Gasteiger partial charge in [-0.2, -0.15) is 0 Å². The van der Waals surface area contributed by atoms with Gasteiger partial charge in [-0.15, -0.1) is 23.7 Å². The van der Waals surface area contributed by atoms with Crippen molar-refractivity contribution < 1.29 is 4.79 Å². The molecule has 5 heteroatoms. The number of hydrogen-bond acceptors (Lipinski definition) is 3. The van der Waals surface area contributed by atoms with Crippen molar-refractivity contribution in [2.24, 2.45) is 5.73 Å². The predicted molar refractivity (Wildman–Crippen MR) is 66.7 cm³/mol. The SMILES string of the molecule is CC(C)(CNC(=O)CN)c1cccs1.Cl. The summed E-state index contributed by atoms with van der Waals surface area (Å²) in [6, 6.07) is 4.10. The predicted octanol–water partition coefficient (Wildman–Crippen LogP) is 1.52. The maximum absolute atomic E-state index is 11.0. The maximum Gasteiger partial charge on any atom is 0.233 e. The van der Waals surface area contributed by atoms with Gasteiger partial charge in [0.1, 0.15) is 0 Å². The van der Waals surface area contributed by atoms with Crippen LogP contribution in [0.25, 0.3) is 0 Å². The summed E-state index contributed by atoms with van der Waals surface area (Å²) in [7, 11) is 0. The molecule has 0 atom stereocenters. The highest BCUT2D eigenvalue weighted by Gasteiger charge is 2.21. The van der Waals surface area contributed by atoms with Gasteiger partial charge in [0, 0.05) is 16.8 Å². The van der Waals surface area contributed by atoms with Gasteiger partial charge in [0.15, 0.2) is 0 Å². The minimum absolute atomic E-state index is 0. The fourth-order valence-corrected chi connectivity index (χ4v) is 1.99. The van der Waals surface area contributed by atoms with Crippen LogP contribution in [0.4, 0.5) is 0 Å². The van der Waals surface area contributed by atoms with Gasteiger partial charge in [-0.1, -0.05) is 19.9 Å². The van der Waals surface area contributed by atoms with Crippen LogP contribution in [0, 0.1) is 0 Å². The molecule has 0 saturated carbocycles. The zero-order chi connectivity index (χ0) is 10.6. The zero-order valence-electron chi connectivity index (χ0n) is 8.95. The summed E-state index contributed by atoms with van der Waals surface area (Å²) in [6.07, 6.45) is 0. The quantitative estimate of drug-likeness (QED) is 0.849. The largest absolute Gasteiger partial charge is 0.354 e. The molecule has 0 radical (unpaired) electrons. The summed E-state index contributed by atoms with van der Waals surface area (Å²) in [6.45, 7) is 4.90. The first-order valence-electron chi connectivity index (χ1n) is 4.57. The first kappa shape index (κ1) is 14.4. The van der Waals surface area contributed by atoms with Crippen LogP contribution in [-0.2, 0) is 10.2 Å². The normalized spacial score (nSPS) is 10.6. The van der Waals surface area contributed by atoms with E-state index in [9.17, 15) is 4.79 Å². The van der Waals surface area contributed by atoms with E-state index in [1.165, 1.54) is 4.88 Å². The number of carbonyl (C=O) groups excluding carboxylic acids is 1. The van der Waals surface area contributed by atoms with Gasteiger partial charge in [0.05, 0.1) is 6.54 Å². The molecule has 0 aliphatic carbocycles. The fraction of sp³-hybridized carbons (Fsp3) is 0.500. The Balaban J connectivity index is 0.00000196. The maximum atomic E-state index is 11.0. The Morgan fingerprint density at radius 3 is 2.73 bits per heavy atom. The van der Waals surface area contributed by atoms with Crippen molar-refractivity contribution in [2.45, 2.75) is 19.3 Å². The highest BCUT2D eigenvalue weighted by atomic mass is 35.5. The van der Waals surface area contributed by atoms with Crippen LogP contribution in [-0.4, -0.2) is 19.0 Å². The number of nitrogens with one attached hydrogen (secondary N) is 1. The Morgan fingerprint density at radius 1 is 1.60 bits per heavy atom. The molecule has 15 heavy (non-hydrogen) atoms. The Bertz CT molecular complexity index is 298. The summed E-state index contributed by atoms with van der Waals surface area (Å²) < 4.78 is 0. The summed E-state index contributed by atoms with van der Waals surface area (Å²) in [5.74, 6) is -0.102. The highest BCUT2D eigenvalue weighted by molar-refractivity contribution is 7.10. The topological polar surface area (TPSA) is 55.1 Å². The molecule has 1 amide bonds. The number of carbonyl (C=O) groups is 1. The Labute approximate surface area is 100 Å². The van der Waals surface area contributed by atoms with E-state index < -0.39 is 0 Å². The molecule has 3 nitrogen and oxygen atoms in total. The fourth-order valence-electron chi connectivity index (χ4n) is 1.14. The molecule has 1 aromatic rings. The Kier molecular flexibility index (Phi) is 5.87. The average Bonchev–Trinajstić information content (AvgIpc) is 2.67. The van der Waals surface area contributed by atoms with E-state index in [0.717, 1.165) is 0 Å². The zero-order valence-corrected chi connectivity index (χ0v) is 10.6. The molecule has 1 rings (SSSR count). The number of hydrogen-bond donors (Lipinski definition) is 2. The van der Waals surface area contributed by atoms with Crippen LogP contribution in [0.5, 0.6) is 0 Å². The van der Waals surface area contributed by atoms with Crippen LogP contribution >= 0.6 is 23.7 Å². The molecule has 3 N–H and O–H groups in total. The van der Waals surface area contributed by atoms with Crippen LogP contribution < -0.4 is 11.1 Å². The van der Waals surface area contributed by atoms with Gasteiger partial charge >= 0.3 is 0 Å². The highest BCUT2D eigenvalue weighted by Crippen LogP contribution is 2.26. The van der Waals surface area contributed by atoms with E-state index in [1.54, 1.807) is 11.3 Å². The minimum Gasteiger partial charge on any atom is -0.354 e. The standard InChI is InChI=1S/C10H16N2OS.ClH/c1-10(2,7-12-9(13)6-11)8-4-3-5-14-8;/h3-5H,6-7,11H2,1-2H3,(H,12,13);1H. The average molecular weight is 249 g/mol. The van der Waals surface area contributed by atoms with Crippen molar-refractivity contribution in [3.63, 3.8) is 0 Å². The second-order valence-corrected chi connectivity index (χ2v) is 4.79. The van der Waals surface area contributed by atoms with E-state index in [-0.39, 0.29) is 30.3 Å². The summed E-state index contributed by atoms with van der Waals surface area (Å²) in [4.78, 5) is 12.3. The van der Waals surface area contributed by atoms with Crippen molar-refractivity contribution in [3.05, 3.63) is 22.4 Å². The van der Waals surface area contributed by atoms with Crippen molar-refractivity contribution in [3.8, 4) is 0 Å². The van der Waals surface area contributed by atoms with Crippen LogP contribution in [0.15, 0.2) is 17.5 Å². The lowest BCUT2D eigenvalue weighted by Gasteiger charge is -2.23. The molecule has 1 heterocycles. The summed E-state index contributed by atoms with van der Waals surface area (Å²) >= 11 is 1.71. The van der Waals surface area contributed by atoms with Gasteiger partial charge < -0.3 is 11.1 Å². The van der Waals surface area contributed by atoms with Gasteiger partial charge in [-0.25, -0.2) is 0 Å². The Morgan fingerprint density at radius 2 is 2.27 bits per heavy atom. The molecule has 0 spiro atoms. The monoisotopic (exact) mass is 248 g/mol. The number of halogens is 1. The van der Waals surface area contributed by atoms with Crippen molar-refractivity contribution in [1.29, 1.82) is 0 Å². The Hall–Kier alpha value is -0.580. The molecule has 0 unspecified atom stereocenters. The molecule has 0 aromatic carbocycles. The van der Waals surface area contributed by atoms with Gasteiger partial charge in [-0.3, -0.25) is 4.79 Å². The van der Waals surface area contributed by atoms with Gasteiger partial charge in [0.2, 0.25) is 5.91 Å². The molecule has 1 aromatic heterocycles. The molecule has 0 fully saturated rings. The number of thiophene rings is 1. The first-order valence-corrected chi connectivity index (χ1v) is 5.45. The smallest absolute Gasteiger partial charge is 0.233 e. The molecule has 0 aliphatic rings. The van der Waals surface area contributed by atoms with E-state index >= 15 is 0 Å². The molecule has 0 saturated heterocycles. The summed E-state index contributed by atoms with van der Waals surface area (Å²) in [5, 5.41) is 4.85. The van der Waals surface area contributed by atoms with E-state index in [0.29, 0.717) is 6.54 Å². The molecule has 0 aliphatic heterocycles. The molecule has 86 valence electrons. The second kappa shape index (κ2) is 6.10. The lowest BCUT2D eigenvalue weighted by Crippen LogP contribution is -2.39. The van der Waals surface area contributed by atoms with Gasteiger partial charge in [-0.05, 0) is 11.4 Å². The third kappa shape index (κ3) is 4.20. The van der Waals surface area contributed by atoms with E-state index in [2.05, 4.69) is 25.2 Å². The number of rotatable bonds is 4. The summed E-state index contributed by atoms with van der Waals surface area (Å²) in [5.41, 5.74) is 5.20. The van der Waals surface area contributed by atoms with E-state index in [1.807, 2.05) is 11.4 Å². The molecular formula is C10H17ClN2OS. The van der Waals surface area contributed by atoms with Crippen LogP contribution in [0.3, 0.4) is 0 Å². The van der Waals surface area contributed by atoms with Crippen molar-refractivity contribution >= 4 is 29.7 Å². The van der Waals surface area contributed by atoms with Gasteiger partial charge in [0.25, 0.3) is 0 Å². The van der Waals surface area contributed by atoms with E-state index in [4.69, 9.17) is 5.73 Å². The second-order valence-electron chi connectivity index (χ2n) is 3.84. The van der Waals surface area contributed by atoms with Crippen LogP contribution in [0.1, 0.15) is 18.7 Å². The minimum atomic E-state index is -0.102. The number of nitrogens with two attached hydrogens (primary N) is 1. The van der Waals surface area contributed by atoms with Crippen molar-refractivity contribution in [2.75, 3.05) is 13.1 Å². The van der Waals surface area contributed by atoms with Crippen LogP contribution in [0.2, 0.25) is 0 Å². The number of amides is 1. The third-order valence-electron chi connectivity index (χ3n) is 2.10. The lowest BCUT2D eigenvalue weighted by atomic mass is 9.91. The van der Waals surface area contributed by atoms with Crippen molar-refractivity contribution in [1.82, 2.24) is 5.32 Å². The molecular weight excluding hydrogens is 232 g/mol. The lowest BCUT2D eigenvalue weighted by molar-refractivity contribution is -0.119. The third-order valence-corrected chi connectivity index (χ3v) is 3.34. The first-order chi connectivity index (χ1) is 6.56.